The molecular weight excluding hydrogens is 281 g/mol. The smallest absolute Gasteiger partial charge is 0.123 e. The molecule has 22 heavy (non-hydrogen) atoms. The zero-order valence-electron chi connectivity index (χ0n) is 12.9. The minimum absolute atomic E-state index is 0. The summed E-state index contributed by atoms with van der Waals surface area (Å²) in [6, 6.07) is 6.22. The summed E-state index contributed by atoms with van der Waals surface area (Å²) in [5.74, 6) is 0.227. The van der Waals surface area contributed by atoms with Gasteiger partial charge in [0.1, 0.15) is 5.82 Å². The summed E-state index contributed by atoms with van der Waals surface area (Å²) < 4.78 is 17.8. The van der Waals surface area contributed by atoms with E-state index in [0.717, 1.165) is 31.6 Å². The first-order chi connectivity index (χ1) is 10.1. The quantitative estimate of drug-likeness (QED) is 0.816. The molecule has 0 spiro atoms. The normalized spacial score (nSPS) is 30.2. The molecule has 2 unspecified atom stereocenters. The molecule has 1 aliphatic heterocycles. The van der Waals surface area contributed by atoms with Crippen molar-refractivity contribution in [3.63, 3.8) is 0 Å². The van der Waals surface area contributed by atoms with E-state index in [1.165, 1.54) is 25.0 Å². The molecule has 3 atom stereocenters. The van der Waals surface area contributed by atoms with Gasteiger partial charge in [0.25, 0.3) is 0 Å². The predicted molar refractivity (Wildman–Crippen MR) is 89.6 cm³/mol. The Bertz CT molecular complexity index is 435. The number of benzene rings is 1. The predicted octanol–water partition coefficient (Wildman–Crippen LogP) is 4.22. The fourth-order valence-electron chi connectivity index (χ4n) is 3.19. The number of ether oxygens (including phenoxy) is 1. The van der Waals surface area contributed by atoms with Crippen LogP contribution < -0.4 is 5.32 Å². The molecule has 1 aromatic rings. The van der Waals surface area contributed by atoms with E-state index in [4.69, 9.17) is 4.74 Å². The van der Waals surface area contributed by atoms with Crippen LogP contribution in [0.15, 0.2) is 24.3 Å². The Labute approximate surface area is 133 Å². The van der Waals surface area contributed by atoms with Crippen LogP contribution in [0, 0.1) is 11.7 Å². The van der Waals surface area contributed by atoms with Crippen molar-refractivity contribution >= 4 is 5.69 Å². The SMILES string of the molecule is C.CC1CCOC2CCCC[C@]12O.CNc1ccc(F)cc1. The number of nitrogens with one attached hydrogen (secondary N) is 1. The van der Waals surface area contributed by atoms with Crippen molar-refractivity contribution in [2.24, 2.45) is 5.92 Å². The van der Waals surface area contributed by atoms with Crippen LogP contribution in [-0.4, -0.2) is 30.5 Å². The lowest BCUT2D eigenvalue weighted by Crippen LogP contribution is -2.54. The van der Waals surface area contributed by atoms with Crippen molar-refractivity contribution in [2.45, 2.75) is 58.2 Å². The Hall–Kier alpha value is -1.13. The summed E-state index contributed by atoms with van der Waals surface area (Å²) in [6.45, 7) is 3.00. The Kier molecular flexibility index (Phi) is 7.30. The molecule has 1 saturated heterocycles. The summed E-state index contributed by atoms with van der Waals surface area (Å²) in [5, 5.41) is 13.2. The molecule has 2 fully saturated rings. The third kappa shape index (κ3) is 4.43. The molecule has 2 N–H and O–H groups in total. The van der Waals surface area contributed by atoms with E-state index in [1.54, 1.807) is 19.2 Å². The Morgan fingerprint density at radius 2 is 1.91 bits per heavy atom. The van der Waals surface area contributed by atoms with Gasteiger partial charge in [-0.1, -0.05) is 27.2 Å². The zero-order chi connectivity index (χ0) is 15.3. The summed E-state index contributed by atoms with van der Waals surface area (Å²) in [5.41, 5.74) is 0.438. The lowest BCUT2D eigenvalue weighted by atomic mass is 9.72. The molecule has 3 nitrogen and oxygen atoms in total. The number of hydrogen-bond donors (Lipinski definition) is 2. The third-order valence-corrected chi connectivity index (χ3v) is 4.71. The largest absolute Gasteiger partial charge is 0.388 e. The Balaban J connectivity index is 0.000000219. The summed E-state index contributed by atoms with van der Waals surface area (Å²) >= 11 is 0. The van der Waals surface area contributed by atoms with Gasteiger partial charge in [0.2, 0.25) is 0 Å². The van der Waals surface area contributed by atoms with Gasteiger partial charge in [0.05, 0.1) is 11.7 Å². The van der Waals surface area contributed by atoms with Gasteiger partial charge in [-0.2, -0.15) is 0 Å². The molecule has 1 heterocycles. The second kappa shape index (κ2) is 8.49. The molecule has 2 aliphatic rings. The molecule has 4 heteroatoms. The molecule has 1 aliphatic carbocycles. The lowest BCUT2D eigenvalue weighted by Gasteiger charge is -2.47. The van der Waals surface area contributed by atoms with Gasteiger partial charge in [-0.25, -0.2) is 4.39 Å². The highest BCUT2D eigenvalue weighted by atomic mass is 19.1. The topological polar surface area (TPSA) is 41.5 Å². The van der Waals surface area contributed by atoms with E-state index in [2.05, 4.69) is 12.2 Å². The highest BCUT2D eigenvalue weighted by Crippen LogP contribution is 2.40. The van der Waals surface area contributed by atoms with Gasteiger partial charge < -0.3 is 15.2 Å². The molecule has 1 saturated carbocycles. The first kappa shape index (κ1) is 18.9. The van der Waals surface area contributed by atoms with Crippen LogP contribution >= 0.6 is 0 Å². The van der Waals surface area contributed by atoms with Gasteiger partial charge in [0.15, 0.2) is 0 Å². The van der Waals surface area contributed by atoms with Crippen LogP contribution in [0.2, 0.25) is 0 Å². The lowest BCUT2D eigenvalue weighted by molar-refractivity contribution is -0.190. The number of fused-ring (bicyclic) bond motifs is 1. The van der Waals surface area contributed by atoms with Crippen LogP contribution in [0.5, 0.6) is 0 Å². The molecule has 3 rings (SSSR count). The number of anilines is 1. The van der Waals surface area contributed by atoms with Gasteiger partial charge in [-0.05, 0) is 49.4 Å². The molecule has 0 amide bonds. The number of aliphatic hydroxyl groups is 1. The van der Waals surface area contributed by atoms with E-state index >= 15 is 0 Å². The second-order valence-electron chi connectivity index (χ2n) is 6.04. The molecule has 0 radical (unpaired) electrons. The average molecular weight is 311 g/mol. The van der Waals surface area contributed by atoms with Crippen molar-refractivity contribution in [1.82, 2.24) is 0 Å². The molecule has 126 valence electrons. The summed E-state index contributed by atoms with van der Waals surface area (Å²) in [6.07, 6.45) is 5.54. The molecular formula is C18H30FNO2. The first-order valence-corrected chi connectivity index (χ1v) is 7.83. The minimum atomic E-state index is -0.490. The Morgan fingerprint density at radius 3 is 2.50 bits per heavy atom. The van der Waals surface area contributed by atoms with Crippen LogP contribution in [0.4, 0.5) is 10.1 Å². The number of rotatable bonds is 1. The monoisotopic (exact) mass is 311 g/mol. The maximum absolute atomic E-state index is 12.2. The van der Waals surface area contributed by atoms with Crippen LogP contribution in [0.25, 0.3) is 0 Å². The van der Waals surface area contributed by atoms with Crippen LogP contribution in [0.1, 0.15) is 46.5 Å². The summed E-state index contributed by atoms with van der Waals surface area (Å²) in [4.78, 5) is 0. The van der Waals surface area contributed by atoms with Gasteiger partial charge in [0, 0.05) is 19.3 Å². The Morgan fingerprint density at radius 1 is 1.23 bits per heavy atom. The van der Waals surface area contributed by atoms with E-state index in [0.29, 0.717) is 5.92 Å². The van der Waals surface area contributed by atoms with Crippen molar-refractivity contribution < 1.29 is 14.2 Å². The number of halogens is 1. The van der Waals surface area contributed by atoms with Crippen LogP contribution in [-0.2, 0) is 4.74 Å². The molecule has 1 aromatic carbocycles. The van der Waals surface area contributed by atoms with Crippen molar-refractivity contribution in [1.29, 1.82) is 0 Å². The number of hydrogen-bond acceptors (Lipinski definition) is 3. The van der Waals surface area contributed by atoms with E-state index < -0.39 is 5.60 Å². The average Bonchev–Trinajstić information content (AvgIpc) is 2.50. The van der Waals surface area contributed by atoms with Crippen molar-refractivity contribution in [2.75, 3.05) is 19.0 Å². The maximum atomic E-state index is 12.2. The van der Waals surface area contributed by atoms with Gasteiger partial charge in [-0.3, -0.25) is 0 Å². The van der Waals surface area contributed by atoms with E-state index in [1.807, 2.05) is 0 Å². The minimum Gasteiger partial charge on any atom is -0.388 e. The fourth-order valence-corrected chi connectivity index (χ4v) is 3.19. The molecule has 0 bridgehead atoms. The maximum Gasteiger partial charge on any atom is 0.123 e. The third-order valence-electron chi connectivity index (χ3n) is 4.71. The van der Waals surface area contributed by atoms with Crippen molar-refractivity contribution in [3.05, 3.63) is 30.1 Å². The standard InChI is InChI=1S/C10H18O2.C7H8FN.CH4/c1-8-5-7-12-9-4-2-3-6-10(8,9)11;1-9-7-4-2-6(8)3-5-7;/h8-9,11H,2-7H2,1H3;2-5,9H,1H3;1H4/t8?,9?,10-;;/m0../s1. The van der Waals surface area contributed by atoms with E-state index in [-0.39, 0.29) is 19.3 Å². The summed E-state index contributed by atoms with van der Waals surface area (Å²) in [7, 11) is 1.80. The molecule has 0 aromatic heterocycles. The second-order valence-corrected chi connectivity index (χ2v) is 6.04. The highest BCUT2D eigenvalue weighted by molar-refractivity contribution is 5.41. The zero-order valence-corrected chi connectivity index (χ0v) is 12.9. The first-order valence-electron chi connectivity index (χ1n) is 7.83. The highest BCUT2D eigenvalue weighted by Gasteiger charge is 2.46. The van der Waals surface area contributed by atoms with Crippen LogP contribution in [0.3, 0.4) is 0 Å². The fraction of sp³-hybridized carbons (Fsp3) is 0.667. The van der Waals surface area contributed by atoms with Gasteiger partial charge in [-0.15, -0.1) is 0 Å². The van der Waals surface area contributed by atoms with E-state index in [9.17, 15) is 9.50 Å². The van der Waals surface area contributed by atoms with Crippen molar-refractivity contribution in [3.8, 4) is 0 Å². The van der Waals surface area contributed by atoms with Gasteiger partial charge >= 0.3 is 0 Å².